The van der Waals surface area contributed by atoms with E-state index in [2.05, 4.69) is 5.10 Å². The monoisotopic (exact) mass is 208 g/mol. The Labute approximate surface area is 88.4 Å². The van der Waals surface area contributed by atoms with Crippen molar-refractivity contribution >= 4 is 5.91 Å². The minimum absolute atomic E-state index is 0.205. The molecule has 1 aromatic rings. The van der Waals surface area contributed by atoms with Gasteiger partial charge in [-0.15, -0.1) is 0 Å². The van der Waals surface area contributed by atoms with Gasteiger partial charge in [0.1, 0.15) is 0 Å². The zero-order valence-corrected chi connectivity index (χ0v) is 8.81. The SMILES string of the molecule is Cc1ccn(C2CCC(N)(C(N)=O)C2)n1. The highest BCUT2D eigenvalue weighted by Crippen LogP contribution is 2.35. The third-order valence-corrected chi connectivity index (χ3v) is 3.13. The molecule has 1 aliphatic rings. The highest BCUT2D eigenvalue weighted by atomic mass is 16.1. The smallest absolute Gasteiger partial charge is 0.237 e. The summed E-state index contributed by atoms with van der Waals surface area (Å²) in [6.07, 6.45) is 4.02. The Bertz CT molecular complexity index is 387. The molecule has 0 spiro atoms. The van der Waals surface area contributed by atoms with Gasteiger partial charge in [-0.25, -0.2) is 0 Å². The molecule has 0 bridgehead atoms. The first-order chi connectivity index (χ1) is 7.01. The van der Waals surface area contributed by atoms with Crippen LogP contribution in [0.5, 0.6) is 0 Å². The molecular formula is C10H16N4O. The molecule has 0 aliphatic heterocycles. The molecule has 1 heterocycles. The van der Waals surface area contributed by atoms with Gasteiger partial charge in [0, 0.05) is 6.20 Å². The van der Waals surface area contributed by atoms with Crippen LogP contribution in [0.1, 0.15) is 31.0 Å². The third kappa shape index (κ3) is 1.74. The van der Waals surface area contributed by atoms with Crippen LogP contribution in [-0.2, 0) is 4.79 Å². The Hall–Kier alpha value is -1.36. The molecule has 1 saturated carbocycles. The summed E-state index contributed by atoms with van der Waals surface area (Å²) < 4.78 is 1.88. The van der Waals surface area contributed by atoms with Crippen LogP contribution >= 0.6 is 0 Å². The summed E-state index contributed by atoms with van der Waals surface area (Å²) in [5.41, 5.74) is 11.3. The molecular weight excluding hydrogens is 192 g/mol. The van der Waals surface area contributed by atoms with Crippen molar-refractivity contribution in [3.8, 4) is 0 Å². The number of nitrogens with zero attached hydrogens (tertiary/aromatic N) is 2. The highest BCUT2D eigenvalue weighted by molar-refractivity contribution is 5.84. The summed E-state index contributed by atoms with van der Waals surface area (Å²) >= 11 is 0. The molecule has 0 aromatic carbocycles. The molecule has 82 valence electrons. The lowest BCUT2D eigenvalue weighted by Crippen LogP contribution is -2.49. The van der Waals surface area contributed by atoms with Gasteiger partial charge >= 0.3 is 0 Å². The molecule has 0 saturated heterocycles. The van der Waals surface area contributed by atoms with Gasteiger partial charge in [0.15, 0.2) is 0 Å². The quantitative estimate of drug-likeness (QED) is 0.722. The first-order valence-corrected chi connectivity index (χ1v) is 5.12. The number of amides is 1. The van der Waals surface area contributed by atoms with Crippen molar-refractivity contribution in [2.24, 2.45) is 11.5 Å². The van der Waals surface area contributed by atoms with Gasteiger partial charge in [-0.1, -0.05) is 0 Å². The van der Waals surface area contributed by atoms with Crippen LogP contribution in [0.15, 0.2) is 12.3 Å². The Morgan fingerprint density at radius 3 is 2.93 bits per heavy atom. The van der Waals surface area contributed by atoms with Crippen LogP contribution in [0, 0.1) is 6.92 Å². The van der Waals surface area contributed by atoms with Crippen molar-refractivity contribution in [1.29, 1.82) is 0 Å². The standard InChI is InChI=1S/C10H16N4O/c1-7-3-5-14(13-7)8-2-4-10(12,6-8)9(11)15/h3,5,8H,2,4,6,12H2,1H3,(H2,11,15). The molecule has 5 nitrogen and oxygen atoms in total. The van der Waals surface area contributed by atoms with Crippen molar-refractivity contribution in [3.05, 3.63) is 18.0 Å². The molecule has 1 fully saturated rings. The van der Waals surface area contributed by atoms with E-state index in [9.17, 15) is 4.79 Å². The van der Waals surface area contributed by atoms with Gasteiger partial charge in [0.2, 0.25) is 5.91 Å². The number of nitrogens with two attached hydrogens (primary N) is 2. The van der Waals surface area contributed by atoms with Crippen molar-refractivity contribution in [2.75, 3.05) is 0 Å². The Morgan fingerprint density at radius 2 is 2.47 bits per heavy atom. The fraction of sp³-hybridized carbons (Fsp3) is 0.600. The number of hydrogen-bond donors (Lipinski definition) is 2. The van der Waals surface area contributed by atoms with Gasteiger partial charge in [0.05, 0.1) is 17.3 Å². The average molecular weight is 208 g/mol. The average Bonchev–Trinajstić information content (AvgIpc) is 2.73. The predicted molar refractivity (Wildman–Crippen MR) is 56.0 cm³/mol. The predicted octanol–water partition coefficient (Wildman–Crippen LogP) is 0.0993. The van der Waals surface area contributed by atoms with E-state index >= 15 is 0 Å². The maximum Gasteiger partial charge on any atom is 0.237 e. The second-order valence-corrected chi connectivity index (χ2v) is 4.35. The van der Waals surface area contributed by atoms with E-state index in [1.165, 1.54) is 0 Å². The van der Waals surface area contributed by atoms with E-state index in [1.54, 1.807) is 0 Å². The van der Waals surface area contributed by atoms with Gasteiger partial charge in [-0.3, -0.25) is 9.48 Å². The minimum atomic E-state index is -0.843. The van der Waals surface area contributed by atoms with Crippen LogP contribution in [0.3, 0.4) is 0 Å². The van der Waals surface area contributed by atoms with Crippen molar-refractivity contribution in [2.45, 2.75) is 37.8 Å². The topological polar surface area (TPSA) is 86.9 Å². The zero-order valence-electron chi connectivity index (χ0n) is 8.81. The third-order valence-electron chi connectivity index (χ3n) is 3.13. The van der Waals surface area contributed by atoms with Gasteiger partial charge in [-0.05, 0) is 32.3 Å². The maximum absolute atomic E-state index is 11.2. The van der Waals surface area contributed by atoms with E-state index in [0.717, 1.165) is 12.1 Å². The second-order valence-electron chi connectivity index (χ2n) is 4.35. The number of hydrogen-bond acceptors (Lipinski definition) is 3. The van der Waals surface area contributed by atoms with E-state index in [0.29, 0.717) is 12.8 Å². The number of carbonyl (C=O) groups is 1. The lowest BCUT2D eigenvalue weighted by atomic mass is 9.98. The first-order valence-electron chi connectivity index (χ1n) is 5.12. The number of rotatable bonds is 2. The molecule has 1 aromatic heterocycles. The van der Waals surface area contributed by atoms with E-state index in [1.807, 2.05) is 23.9 Å². The maximum atomic E-state index is 11.2. The molecule has 2 atom stereocenters. The van der Waals surface area contributed by atoms with Gasteiger partial charge in [-0.2, -0.15) is 5.10 Å². The second kappa shape index (κ2) is 3.34. The summed E-state index contributed by atoms with van der Waals surface area (Å²) in [6.45, 7) is 1.94. The van der Waals surface area contributed by atoms with Gasteiger partial charge in [0.25, 0.3) is 0 Å². The van der Waals surface area contributed by atoms with Crippen LogP contribution in [0.2, 0.25) is 0 Å². The largest absolute Gasteiger partial charge is 0.368 e. The Kier molecular flexibility index (Phi) is 2.26. The lowest BCUT2D eigenvalue weighted by molar-refractivity contribution is -0.123. The van der Waals surface area contributed by atoms with Crippen molar-refractivity contribution < 1.29 is 4.79 Å². The summed E-state index contributed by atoms with van der Waals surface area (Å²) in [7, 11) is 0. The molecule has 2 rings (SSSR count). The molecule has 1 aliphatic carbocycles. The van der Waals surface area contributed by atoms with Crippen LogP contribution < -0.4 is 11.5 Å². The van der Waals surface area contributed by atoms with Crippen LogP contribution in [0.25, 0.3) is 0 Å². The minimum Gasteiger partial charge on any atom is -0.368 e. The fourth-order valence-electron chi connectivity index (χ4n) is 2.13. The van der Waals surface area contributed by atoms with Gasteiger partial charge < -0.3 is 11.5 Å². The summed E-state index contributed by atoms with van der Waals surface area (Å²) in [6, 6.07) is 2.15. The molecule has 4 N–H and O–H groups in total. The fourth-order valence-corrected chi connectivity index (χ4v) is 2.13. The molecule has 1 amide bonds. The Balaban J connectivity index is 2.14. The molecule has 0 radical (unpaired) electrons. The van der Waals surface area contributed by atoms with E-state index in [-0.39, 0.29) is 6.04 Å². The molecule has 2 unspecified atom stereocenters. The highest BCUT2D eigenvalue weighted by Gasteiger charge is 2.41. The normalized spacial score (nSPS) is 30.7. The van der Waals surface area contributed by atoms with Crippen molar-refractivity contribution in [1.82, 2.24) is 9.78 Å². The zero-order chi connectivity index (χ0) is 11.1. The Morgan fingerprint density at radius 1 is 1.73 bits per heavy atom. The number of aryl methyl sites for hydroxylation is 1. The van der Waals surface area contributed by atoms with Crippen molar-refractivity contribution in [3.63, 3.8) is 0 Å². The summed E-state index contributed by atoms with van der Waals surface area (Å²) in [4.78, 5) is 11.2. The summed E-state index contributed by atoms with van der Waals surface area (Å²) in [5, 5.41) is 4.33. The van der Waals surface area contributed by atoms with Crippen LogP contribution in [-0.4, -0.2) is 21.2 Å². The number of carbonyl (C=O) groups excluding carboxylic acids is 1. The molecule has 15 heavy (non-hydrogen) atoms. The summed E-state index contributed by atoms with van der Waals surface area (Å²) in [5.74, 6) is -0.408. The van der Waals surface area contributed by atoms with E-state index < -0.39 is 11.4 Å². The van der Waals surface area contributed by atoms with Crippen LogP contribution in [0.4, 0.5) is 0 Å². The number of primary amides is 1. The molecule has 5 heteroatoms. The van der Waals surface area contributed by atoms with E-state index in [4.69, 9.17) is 11.5 Å². The first kappa shape index (κ1) is 10.2. The lowest BCUT2D eigenvalue weighted by Gasteiger charge is -2.19. The number of aromatic nitrogens is 2.